The van der Waals surface area contributed by atoms with Crippen LogP contribution in [0.15, 0.2) is 21.7 Å². The zero-order chi connectivity index (χ0) is 14.2. The highest BCUT2D eigenvalue weighted by atomic mass is 32.2. The number of nitrogens with one attached hydrogen (secondary N) is 1. The van der Waals surface area contributed by atoms with Crippen LogP contribution < -0.4 is 5.32 Å². The van der Waals surface area contributed by atoms with Crippen molar-refractivity contribution < 1.29 is 13.2 Å². The highest BCUT2D eigenvalue weighted by Gasteiger charge is 2.35. The second-order valence-electron chi connectivity index (χ2n) is 5.42. The summed E-state index contributed by atoms with van der Waals surface area (Å²) in [6.07, 6.45) is 3.62. The first-order chi connectivity index (χ1) is 9.57. The lowest BCUT2D eigenvalue weighted by Gasteiger charge is -2.30. The summed E-state index contributed by atoms with van der Waals surface area (Å²) in [5.74, 6) is -0.197. The Bertz CT molecular complexity index is 579. The molecule has 1 atom stereocenters. The third-order valence-corrected chi connectivity index (χ3v) is 7.01. The minimum absolute atomic E-state index is 0.0126. The Morgan fingerprint density at radius 2 is 2.15 bits per heavy atom. The molecule has 110 valence electrons. The van der Waals surface area contributed by atoms with Gasteiger partial charge in [0.05, 0.1) is 5.92 Å². The van der Waals surface area contributed by atoms with Crippen LogP contribution in [0.2, 0.25) is 0 Å². The van der Waals surface area contributed by atoms with E-state index >= 15 is 0 Å². The van der Waals surface area contributed by atoms with Crippen LogP contribution in [0, 0.1) is 5.92 Å². The molecule has 1 amide bonds. The minimum Gasteiger partial charge on any atom is -0.353 e. The Kier molecular flexibility index (Phi) is 3.83. The Hall–Kier alpha value is -0.920. The summed E-state index contributed by atoms with van der Waals surface area (Å²) < 4.78 is 26.7. The molecule has 5 nitrogen and oxygen atoms in total. The van der Waals surface area contributed by atoms with Gasteiger partial charge in [0.1, 0.15) is 4.21 Å². The van der Waals surface area contributed by atoms with E-state index in [0.717, 1.165) is 25.7 Å². The van der Waals surface area contributed by atoms with E-state index in [0.29, 0.717) is 23.3 Å². The van der Waals surface area contributed by atoms with Gasteiger partial charge in [-0.1, -0.05) is 6.07 Å². The fourth-order valence-electron chi connectivity index (χ4n) is 2.46. The van der Waals surface area contributed by atoms with Crippen LogP contribution in [0.3, 0.4) is 0 Å². The minimum atomic E-state index is -3.43. The molecule has 1 aliphatic heterocycles. The van der Waals surface area contributed by atoms with Crippen LogP contribution in [-0.4, -0.2) is 37.8 Å². The lowest BCUT2D eigenvalue weighted by atomic mass is 9.99. The first-order valence-electron chi connectivity index (χ1n) is 6.91. The number of hydrogen-bond donors (Lipinski definition) is 1. The Morgan fingerprint density at radius 1 is 1.35 bits per heavy atom. The van der Waals surface area contributed by atoms with Crippen molar-refractivity contribution in [2.75, 3.05) is 13.1 Å². The van der Waals surface area contributed by atoms with E-state index in [1.54, 1.807) is 17.5 Å². The molecule has 2 fully saturated rings. The molecule has 1 aromatic rings. The monoisotopic (exact) mass is 314 g/mol. The molecule has 0 radical (unpaired) electrons. The zero-order valence-corrected chi connectivity index (χ0v) is 12.8. The predicted molar refractivity (Wildman–Crippen MR) is 77.0 cm³/mol. The van der Waals surface area contributed by atoms with Gasteiger partial charge in [-0.3, -0.25) is 4.79 Å². The molecule has 3 rings (SSSR count). The van der Waals surface area contributed by atoms with E-state index in [1.165, 1.54) is 15.6 Å². The Balaban J connectivity index is 1.69. The van der Waals surface area contributed by atoms with Crippen LogP contribution in [0.25, 0.3) is 0 Å². The number of thiophene rings is 1. The molecule has 0 unspecified atom stereocenters. The smallest absolute Gasteiger partial charge is 0.252 e. The maximum atomic E-state index is 12.5. The van der Waals surface area contributed by atoms with Gasteiger partial charge < -0.3 is 5.32 Å². The molecular formula is C13H18N2O3S2. The third kappa shape index (κ3) is 2.89. The van der Waals surface area contributed by atoms with Gasteiger partial charge in [-0.05, 0) is 37.1 Å². The first kappa shape index (κ1) is 14.0. The number of amides is 1. The zero-order valence-electron chi connectivity index (χ0n) is 11.1. The number of piperidine rings is 1. The highest BCUT2D eigenvalue weighted by molar-refractivity contribution is 7.91. The van der Waals surface area contributed by atoms with Crippen molar-refractivity contribution in [1.82, 2.24) is 9.62 Å². The molecule has 2 aliphatic rings. The maximum Gasteiger partial charge on any atom is 0.252 e. The SMILES string of the molecule is O=C(NC1CC1)[C@@H]1CCCN(S(=O)(=O)c2cccs2)C1. The molecule has 1 saturated carbocycles. The van der Waals surface area contributed by atoms with Crippen LogP contribution in [0.1, 0.15) is 25.7 Å². The van der Waals surface area contributed by atoms with E-state index in [-0.39, 0.29) is 11.8 Å². The van der Waals surface area contributed by atoms with Crippen LogP contribution in [0.5, 0.6) is 0 Å². The second-order valence-corrected chi connectivity index (χ2v) is 8.53. The van der Waals surface area contributed by atoms with Gasteiger partial charge in [-0.25, -0.2) is 8.42 Å². The second kappa shape index (κ2) is 5.46. The number of sulfonamides is 1. The van der Waals surface area contributed by atoms with Gasteiger partial charge in [0.25, 0.3) is 10.0 Å². The summed E-state index contributed by atoms with van der Waals surface area (Å²) in [5.41, 5.74) is 0. The average Bonchev–Trinajstić information content (AvgIpc) is 3.08. The predicted octanol–water partition coefficient (Wildman–Crippen LogP) is 1.43. The van der Waals surface area contributed by atoms with Crippen molar-refractivity contribution in [2.24, 2.45) is 5.92 Å². The summed E-state index contributed by atoms with van der Waals surface area (Å²) in [7, 11) is -3.43. The summed E-state index contributed by atoms with van der Waals surface area (Å²) in [6, 6.07) is 3.68. The normalized spacial score (nSPS) is 24.5. The molecule has 0 spiro atoms. The highest BCUT2D eigenvalue weighted by Crippen LogP contribution is 2.27. The van der Waals surface area contributed by atoms with Crippen molar-refractivity contribution in [1.29, 1.82) is 0 Å². The van der Waals surface area contributed by atoms with Gasteiger partial charge in [-0.15, -0.1) is 11.3 Å². The van der Waals surface area contributed by atoms with Crippen molar-refractivity contribution in [3.05, 3.63) is 17.5 Å². The number of rotatable bonds is 4. The fourth-order valence-corrected chi connectivity index (χ4v) is 5.13. The van der Waals surface area contributed by atoms with Gasteiger partial charge in [0.2, 0.25) is 5.91 Å². The molecule has 7 heteroatoms. The van der Waals surface area contributed by atoms with Crippen LogP contribution >= 0.6 is 11.3 Å². The van der Waals surface area contributed by atoms with Gasteiger partial charge in [-0.2, -0.15) is 4.31 Å². The molecule has 1 aliphatic carbocycles. The average molecular weight is 314 g/mol. The third-order valence-electron chi connectivity index (χ3n) is 3.77. The van der Waals surface area contributed by atoms with Gasteiger partial charge >= 0.3 is 0 Å². The van der Waals surface area contributed by atoms with Crippen molar-refractivity contribution in [3.8, 4) is 0 Å². The molecule has 1 aromatic heterocycles. The van der Waals surface area contributed by atoms with E-state index in [2.05, 4.69) is 5.32 Å². The molecule has 0 bridgehead atoms. The molecular weight excluding hydrogens is 296 g/mol. The number of carbonyl (C=O) groups excluding carboxylic acids is 1. The Morgan fingerprint density at radius 3 is 2.80 bits per heavy atom. The molecule has 2 heterocycles. The van der Waals surface area contributed by atoms with E-state index in [1.807, 2.05) is 0 Å². The fraction of sp³-hybridized carbons (Fsp3) is 0.615. The summed E-state index contributed by atoms with van der Waals surface area (Å²) in [5, 5.41) is 4.73. The Labute approximate surface area is 123 Å². The van der Waals surface area contributed by atoms with E-state index in [9.17, 15) is 13.2 Å². The number of nitrogens with zero attached hydrogens (tertiary/aromatic N) is 1. The summed E-state index contributed by atoms with van der Waals surface area (Å²) in [4.78, 5) is 12.1. The molecule has 1 saturated heterocycles. The van der Waals surface area contributed by atoms with Crippen LogP contribution in [-0.2, 0) is 14.8 Å². The topological polar surface area (TPSA) is 66.5 Å². The van der Waals surface area contributed by atoms with E-state index in [4.69, 9.17) is 0 Å². The van der Waals surface area contributed by atoms with E-state index < -0.39 is 10.0 Å². The quantitative estimate of drug-likeness (QED) is 0.914. The first-order valence-corrected chi connectivity index (χ1v) is 9.23. The summed E-state index contributed by atoms with van der Waals surface area (Å²) in [6.45, 7) is 0.812. The van der Waals surface area contributed by atoms with Crippen molar-refractivity contribution in [2.45, 2.75) is 35.9 Å². The van der Waals surface area contributed by atoms with Gasteiger partial charge in [0.15, 0.2) is 0 Å². The van der Waals surface area contributed by atoms with Crippen molar-refractivity contribution in [3.63, 3.8) is 0 Å². The lowest BCUT2D eigenvalue weighted by Crippen LogP contribution is -2.45. The molecule has 20 heavy (non-hydrogen) atoms. The van der Waals surface area contributed by atoms with Crippen molar-refractivity contribution >= 4 is 27.3 Å². The number of carbonyl (C=O) groups is 1. The standard InChI is InChI=1S/C13H18N2O3S2/c16-13(14-11-5-6-11)10-3-1-7-15(9-10)20(17,18)12-4-2-8-19-12/h2,4,8,10-11H,1,3,5-7,9H2,(H,14,16)/t10-/m1/s1. The van der Waals surface area contributed by atoms with Crippen LogP contribution in [0.4, 0.5) is 0 Å². The van der Waals surface area contributed by atoms with Gasteiger partial charge in [0, 0.05) is 19.1 Å². The summed E-state index contributed by atoms with van der Waals surface area (Å²) >= 11 is 1.22. The molecule has 1 N–H and O–H groups in total. The number of hydrogen-bond acceptors (Lipinski definition) is 4. The lowest BCUT2D eigenvalue weighted by molar-refractivity contribution is -0.126. The largest absolute Gasteiger partial charge is 0.353 e. The maximum absolute atomic E-state index is 12.5. The molecule has 0 aromatic carbocycles.